The molecule has 8 heteroatoms. The average Bonchev–Trinajstić information content (AvgIpc) is 2.66. The van der Waals surface area contributed by atoms with E-state index in [2.05, 4.69) is 10.2 Å². The quantitative estimate of drug-likeness (QED) is 0.587. The molecule has 0 aliphatic rings. The SMILES string of the molecule is CN(C)C(=O)CCCSc1nnc(C(F)F)n1C. The Morgan fingerprint density at radius 1 is 1.44 bits per heavy atom. The number of nitrogens with zero attached hydrogens (tertiary/aromatic N) is 4. The van der Waals surface area contributed by atoms with Crippen molar-refractivity contribution in [3.05, 3.63) is 5.82 Å². The van der Waals surface area contributed by atoms with Gasteiger partial charge in [-0.05, 0) is 6.42 Å². The average molecular weight is 278 g/mol. The van der Waals surface area contributed by atoms with Gasteiger partial charge in [0.25, 0.3) is 6.43 Å². The van der Waals surface area contributed by atoms with Gasteiger partial charge in [-0.3, -0.25) is 4.79 Å². The standard InChI is InChI=1S/C10H16F2N4OS/c1-15(2)7(17)5-4-6-18-10-14-13-9(8(11)12)16(10)3/h8H,4-6H2,1-3H3. The van der Waals surface area contributed by atoms with Crippen LogP contribution in [-0.4, -0.2) is 45.4 Å². The van der Waals surface area contributed by atoms with E-state index in [1.807, 2.05) is 0 Å². The van der Waals surface area contributed by atoms with Gasteiger partial charge in [0.2, 0.25) is 11.7 Å². The molecule has 0 atom stereocenters. The fourth-order valence-corrected chi connectivity index (χ4v) is 2.11. The van der Waals surface area contributed by atoms with Gasteiger partial charge in [0.15, 0.2) is 5.16 Å². The van der Waals surface area contributed by atoms with Gasteiger partial charge in [0.1, 0.15) is 0 Å². The monoisotopic (exact) mass is 278 g/mol. The molecule has 1 aromatic heterocycles. The first-order valence-electron chi connectivity index (χ1n) is 5.44. The molecule has 1 heterocycles. The van der Waals surface area contributed by atoms with Crippen molar-refractivity contribution in [1.29, 1.82) is 0 Å². The molecule has 102 valence electrons. The van der Waals surface area contributed by atoms with Gasteiger partial charge in [0.05, 0.1) is 0 Å². The number of aromatic nitrogens is 3. The highest BCUT2D eigenvalue weighted by Gasteiger charge is 2.17. The van der Waals surface area contributed by atoms with Crippen molar-refractivity contribution in [3.8, 4) is 0 Å². The Morgan fingerprint density at radius 2 is 2.11 bits per heavy atom. The number of carbonyl (C=O) groups is 1. The van der Waals surface area contributed by atoms with E-state index in [1.165, 1.54) is 28.3 Å². The van der Waals surface area contributed by atoms with Crippen LogP contribution >= 0.6 is 11.8 Å². The van der Waals surface area contributed by atoms with Crippen molar-refractivity contribution in [3.63, 3.8) is 0 Å². The minimum atomic E-state index is -2.62. The summed E-state index contributed by atoms with van der Waals surface area (Å²) in [7, 11) is 4.91. The maximum Gasteiger partial charge on any atom is 0.297 e. The second-order valence-corrected chi connectivity index (χ2v) is 5.00. The summed E-state index contributed by atoms with van der Waals surface area (Å²) in [5.74, 6) is 0.373. The topological polar surface area (TPSA) is 51.0 Å². The minimum Gasteiger partial charge on any atom is -0.349 e. The van der Waals surface area contributed by atoms with Gasteiger partial charge in [-0.25, -0.2) is 8.78 Å². The first-order valence-corrected chi connectivity index (χ1v) is 6.42. The molecular formula is C10H16F2N4OS. The smallest absolute Gasteiger partial charge is 0.297 e. The van der Waals surface area contributed by atoms with E-state index in [4.69, 9.17) is 0 Å². The number of alkyl halides is 2. The zero-order valence-corrected chi connectivity index (χ0v) is 11.4. The Bertz CT molecular complexity index is 409. The number of hydrogen-bond acceptors (Lipinski definition) is 4. The highest BCUT2D eigenvalue weighted by atomic mass is 32.2. The van der Waals surface area contributed by atoms with E-state index in [1.54, 1.807) is 14.1 Å². The van der Waals surface area contributed by atoms with Gasteiger partial charge in [-0.15, -0.1) is 10.2 Å². The third kappa shape index (κ3) is 3.94. The van der Waals surface area contributed by atoms with E-state index < -0.39 is 6.43 Å². The van der Waals surface area contributed by atoms with E-state index in [0.717, 1.165) is 0 Å². The molecule has 0 saturated heterocycles. The Labute approximate surface area is 109 Å². The molecule has 5 nitrogen and oxygen atoms in total. The zero-order valence-electron chi connectivity index (χ0n) is 10.6. The number of thioether (sulfide) groups is 1. The molecule has 0 fully saturated rings. The van der Waals surface area contributed by atoms with Crippen molar-refractivity contribution in [2.45, 2.75) is 24.4 Å². The number of amides is 1. The van der Waals surface area contributed by atoms with Crippen LogP contribution in [0.25, 0.3) is 0 Å². The van der Waals surface area contributed by atoms with Crippen LogP contribution in [0.3, 0.4) is 0 Å². The molecule has 0 unspecified atom stereocenters. The largest absolute Gasteiger partial charge is 0.349 e. The summed E-state index contributed by atoms with van der Waals surface area (Å²) < 4.78 is 26.2. The number of hydrogen-bond donors (Lipinski definition) is 0. The lowest BCUT2D eigenvalue weighted by molar-refractivity contribution is -0.128. The summed E-state index contributed by atoms with van der Waals surface area (Å²) in [6.45, 7) is 0. The van der Waals surface area contributed by atoms with E-state index in [0.29, 0.717) is 23.8 Å². The van der Waals surface area contributed by atoms with Crippen LogP contribution in [0.5, 0.6) is 0 Å². The molecule has 1 rings (SSSR count). The first-order chi connectivity index (χ1) is 8.43. The van der Waals surface area contributed by atoms with Gasteiger partial charge < -0.3 is 9.47 Å². The van der Waals surface area contributed by atoms with Crippen LogP contribution in [-0.2, 0) is 11.8 Å². The molecule has 0 aliphatic carbocycles. The van der Waals surface area contributed by atoms with Crippen LogP contribution in [0.15, 0.2) is 5.16 Å². The molecule has 0 N–H and O–H groups in total. The van der Waals surface area contributed by atoms with Crippen molar-refractivity contribution >= 4 is 17.7 Å². The van der Waals surface area contributed by atoms with Crippen LogP contribution in [0, 0.1) is 0 Å². The Kier molecular flexibility index (Phi) is 5.52. The zero-order chi connectivity index (χ0) is 13.7. The molecule has 0 bridgehead atoms. The molecule has 0 spiro atoms. The Hall–Kier alpha value is -1.18. The minimum absolute atomic E-state index is 0.0573. The van der Waals surface area contributed by atoms with Crippen LogP contribution in [0.1, 0.15) is 25.1 Å². The third-order valence-corrected chi connectivity index (χ3v) is 3.44. The van der Waals surface area contributed by atoms with Crippen molar-refractivity contribution < 1.29 is 13.6 Å². The summed E-state index contributed by atoms with van der Waals surface area (Å²) in [5.41, 5.74) is 0. The van der Waals surface area contributed by atoms with Gasteiger partial charge in [-0.1, -0.05) is 11.8 Å². The second-order valence-electron chi connectivity index (χ2n) is 3.94. The van der Waals surface area contributed by atoms with Crippen LogP contribution in [0.4, 0.5) is 8.78 Å². The van der Waals surface area contributed by atoms with Gasteiger partial charge in [-0.2, -0.15) is 0 Å². The van der Waals surface area contributed by atoms with Gasteiger partial charge in [0, 0.05) is 33.3 Å². The van der Waals surface area contributed by atoms with Crippen molar-refractivity contribution in [2.24, 2.45) is 7.05 Å². The maximum atomic E-state index is 12.4. The molecule has 18 heavy (non-hydrogen) atoms. The first kappa shape index (κ1) is 14.9. The summed E-state index contributed by atoms with van der Waals surface area (Å²) in [6.07, 6.45) is -1.50. The molecule has 0 aromatic carbocycles. The van der Waals surface area contributed by atoms with Gasteiger partial charge >= 0.3 is 0 Å². The lowest BCUT2D eigenvalue weighted by Crippen LogP contribution is -2.21. The van der Waals surface area contributed by atoms with Crippen LogP contribution < -0.4 is 0 Å². The molecule has 0 radical (unpaired) electrons. The maximum absolute atomic E-state index is 12.4. The number of carbonyl (C=O) groups excluding carboxylic acids is 1. The van der Waals surface area contributed by atoms with Crippen LogP contribution in [0.2, 0.25) is 0 Å². The number of halogens is 2. The molecule has 0 saturated carbocycles. The lowest BCUT2D eigenvalue weighted by atomic mass is 10.3. The predicted molar refractivity (Wildman–Crippen MR) is 64.6 cm³/mol. The fourth-order valence-electron chi connectivity index (χ4n) is 1.25. The summed E-state index contributed by atoms with van der Waals surface area (Å²) >= 11 is 1.32. The predicted octanol–water partition coefficient (Wildman–Crippen LogP) is 1.71. The van der Waals surface area contributed by atoms with E-state index >= 15 is 0 Å². The van der Waals surface area contributed by atoms with E-state index in [9.17, 15) is 13.6 Å². The summed E-state index contributed by atoms with van der Waals surface area (Å²) in [4.78, 5) is 12.8. The summed E-state index contributed by atoms with van der Waals surface area (Å²) in [6, 6.07) is 0. The number of rotatable bonds is 6. The normalized spacial score (nSPS) is 11.0. The molecule has 0 aliphatic heterocycles. The Morgan fingerprint density at radius 3 is 2.61 bits per heavy atom. The Balaban J connectivity index is 2.38. The second kappa shape index (κ2) is 6.67. The lowest BCUT2D eigenvalue weighted by Gasteiger charge is -2.09. The highest BCUT2D eigenvalue weighted by Crippen LogP contribution is 2.22. The highest BCUT2D eigenvalue weighted by molar-refractivity contribution is 7.99. The van der Waals surface area contributed by atoms with E-state index in [-0.39, 0.29) is 11.7 Å². The fraction of sp³-hybridized carbons (Fsp3) is 0.700. The third-order valence-electron chi connectivity index (χ3n) is 2.33. The molecular weight excluding hydrogens is 262 g/mol. The van der Waals surface area contributed by atoms with Crippen molar-refractivity contribution in [1.82, 2.24) is 19.7 Å². The molecule has 1 amide bonds. The molecule has 1 aromatic rings. The summed E-state index contributed by atoms with van der Waals surface area (Å²) in [5, 5.41) is 7.56. The van der Waals surface area contributed by atoms with Crippen molar-refractivity contribution in [2.75, 3.05) is 19.8 Å².